The Labute approximate surface area is 123 Å². The van der Waals surface area contributed by atoms with Crippen LogP contribution in [0.5, 0.6) is 5.75 Å². The molecule has 0 saturated carbocycles. The molecular weight excluding hydrogens is 305 g/mol. The fourth-order valence-corrected chi connectivity index (χ4v) is 1.80. The molecule has 3 nitrogen and oxygen atoms in total. The third-order valence-corrected chi connectivity index (χ3v) is 2.97. The van der Waals surface area contributed by atoms with Crippen molar-refractivity contribution in [2.24, 2.45) is 0 Å². The highest BCUT2D eigenvalue weighted by molar-refractivity contribution is 6.30. The van der Waals surface area contributed by atoms with Crippen molar-refractivity contribution < 1.29 is 17.9 Å². The monoisotopic (exact) mass is 312 g/mol. The summed E-state index contributed by atoms with van der Waals surface area (Å²) in [6.45, 7) is -0.151. The molecule has 0 bridgehead atoms. The summed E-state index contributed by atoms with van der Waals surface area (Å²) in [5, 5.41) is 8.85. The number of rotatable bonds is 3. The van der Waals surface area contributed by atoms with Gasteiger partial charge in [-0.3, -0.25) is 0 Å². The summed E-state index contributed by atoms with van der Waals surface area (Å²) in [5.74, 6) is -0.360. The lowest BCUT2D eigenvalue weighted by Crippen LogP contribution is -2.09. The summed E-state index contributed by atoms with van der Waals surface area (Å²) in [6.07, 6.45) is -3.14. The van der Waals surface area contributed by atoms with Gasteiger partial charge in [-0.05, 0) is 24.3 Å². The SMILES string of the molecule is N#Cc1ccc(OCc2cccnc2Cl)c(C(F)(F)F)c1. The van der Waals surface area contributed by atoms with Crippen LogP contribution in [0.15, 0.2) is 36.5 Å². The Kier molecular flexibility index (Phi) is 4.34. The van der Waals surface area contributed by atoms with Crippen molar-refractivity contribution in [2.45, 2.75) is 12.8 Å². The van der Waals surface area contributed by atoms with Gasteiger partial charge in [0.1, 0.15) is 17.5 Å². The van der Waals surface area contributed by atoms with Crippen LogP contribution in [0, 0.1) is 11.3 Å². The van der Waals surface area contributed by atoms with Gasteiger partial charge in [0.15, 0.2) is 0 Å². The standard InChI is InChI=1S/C14H8ClF3N2O/c15-13-10(2-1-5-20-13)8-21-12-4-3-9(7-19)6-11(12)14(16,17)18/h1-6H,8H2. The Hall–Kier alpha value is -2.26. The van der Waals surface area contributed by atoms with Gasteiger partial charge < -0.3 is 4.74 Å². The summed E-state index contributed by atoms with van der Waals surface area (Å²) >= 11 is 5.81. The molecule has 0 atom stereocenters. The van der Waals surface area contributed by atoms with E-state index < -0.39 is 11.7 Å². The number of nitriles is 1. The van der Waals surface area contributed by atoms with Gasteiger partial charge in [-0.1, -0.05) is 17.7 Å². The van der Waals surface area contributed by atoms with E-state index in [1.54, 1.807) is 18.2 Å². The first-order chi connectivity index (χ1) is 9.91. The van der Waals surface area contributed by atoms with Crippen molar-refractivity contribution in [1.82, 2.24) is 4.98 Å². The molecule has 2 aromatic rings. The van der Waals surface area contributed by atoms with E-state index in [2.05, 4.69) is 4.98 Å². The number of hydrogen-bond donors (Lipinski definition) is 0. The predicted molar refractivity (Wildman–Crippen MR) is 69.7 cm³/mol. The minimum atomic E-state index is -4.61. The number of benzene rings is 1. The molecular formula is C14H8ClF3N2O. The van der Waals surface area contributed by atoms with Crippen LogP contribution in [0.2, 0.25) is 5.15 Å². The molecule has 7 heteroatoms. The van der Waals surface area contributed by atoms with Crippen LogP contribution in [0.1, 0.15) is 16.7 Å². The second-order valence-corrected chi connectivity index (χ2v) is 4.42. The fourth-order valence-electron chi connectivity index (χ4n) is 1.63. The molecule has 0 radical (unpaired) electrons. The highest BCUT2D eigenvalue weighted by atomic mass is 35.5. The van der Waals surface area contributed by atoms with Crippen molar-refractivity contribution in [3.63, 3.8) is 0 Å². The molecule has 2 rings (SSSR count). The highest BCUT2D eigenvalue weighted by Crippen LogP contribution is 2.37. The summed E-state index contributed by atoms with van der Waals surface area (Å²) in [6, 6.07) is 8.00. The van der Waals surface area contributed by atoms with E-state index in [1.807, 2.05) is 0 Å². The molecule has 1 heterocycles. The first kappa shape index (κ1) is 15.1. The van der Waals surface area contributed by atoms with Gasteiger partial charge in [-0.25, -0.2) is 4.98 Å². The van der Waals surface area contributed by atoms with Gasteiger partial charge in [0.25, 0.3) is 0 Å². The number of halogens is 4. The van der Waals surface area contributed by atoms with Crippen LogP contribution >= 0.6 is 11.6 Å². The largest absolute Gasteiger partial charge is 0.488 e. The number of nitrogens with zero attached hydrogens (tertiary/aromatic N) is 2. The average molecular weight is 313 g/mol. The van der Waals surface area contributed by atoms with E-state index in [9.17, 15) is 13.2 Å². The molecule has 108 valence electrons. The van der Waals surface area contributed by atoms with Crippen LogP contribution in [-0.2, 0) is 12.8 Å². The molecule has 0 aliphatic rings. The van der Waals surface area contributed by atoms with Gasteiger partial charge in [0.05, 0.1) is 17.2 Å². The van der Waals surface area contributed by atoms with Crippen LogP contribution in [-0.4, -0.2) is 4.98 Å². The molecule has 1 aromatic carbocycles. The molecule has 0 aliphatic heterocycles. The second-order valence-electron chi connectivity index (χ2n) is 4.06. The Bertz CT molecular complexity index is 695. The third kappa shape index (κ3) is 3.64. The molecule has 0 amide bonds. The zero-order valence-corrected chi connectivity index (χ0v) is 11.2. The highest BCUT2D eigenvalue weighted by Gasteiger charge is 2.34. The van der Waals surface area contributed by atoms with E-state index in [4.69, 9.17) is 21.6 Å². The van der Waals surface area contributed by atoms with Crippen molar-refractivity contribution in [3.05, 3.63) is 58.4 Å². The van der Waals surface area contributed by atoms with Crippen LogP contribution in [0.25, 0.3) is 0 Å². The third-order valence-electron chi connectivity index (χ3n) is 2.63. The maximum Gasteiger partial charge on any atom is 0.420 e. The quantitative estimate of drug-likeness (QED) is 0.798. The lowest BCUT2D eigenvalue weighted by molar-refractivity contribution is -0.139. The molecule has 0 N–H and O–H groups in total. The molecule has 0 unspecified atom stereocenters. The summed E-state index contributed by atoms with van der Waals surface area (Å²) in [4.78, 5) is 3.81. The summed E-state index contributed by atoms with van der Waals surface area (Å²) < 4.78 is 44.0. The Morgan fingerprint density at radius 2 is 2.05 bits per heavy atom. The van der Waals surface area contributed by atoms with Crippen LogP contribution in [0.4, 0.5) is 13.2 Å². The second kappa shape index (κ2) is 6.02. The first-order valence-corrected chi connectivity index (χ1v) is 6.13. The number of hydrogen-bond acceptors (Lipinski definition) is 3. The van der Waals surface area contributed by atoms with Crippen molar-refractivity contribution in [3.8, 4) is 11.8 Å². The van der Waals surface area contributed by atoms with Crippen molar-refractivity contribution >= 4 is 11.6 Å². The van der Waals surface area contributed by atoms with E-state index in [0.29, 0.717) is 5.56 Å². The zero-order chi connectivity index (χ0) is 15.5. The molecule has 21 heavy (non-hydrogen) atoms. The Morgan fingerprint density at radius 3 is 2.67 bits per heavy atom. The maximum absolute atomic E-state index is 12.9. The molecule has 1 aromatic heterocycles. The van der Waals surface area contributed by atoms with Crippen LogP contribution in [0.3, 0.4) is 0 Å². The lowest BCUT2D eigenvalue weighted by atomic mass is 10.1. The van der Waals surface area contributed by atoms with E-state index >= 15 is 0 Å². The van der Waals surface area contributed by atoms with Gasteiger partial charge in [-0.15, -0.1) is 0 Å². The molecule has 0 saturated heterocycles. The van der Waals surface area contributed by atoms with Gasteiger partial charge in [0.2, 0.25) is 0 Å². The van der Waals surface area contributed by atoms with Crippen molar-refractivity contribution in [2.75, 3.05) is 0 Å². The van der Waals surface area contributed by atoms with Gasteiger partial charge in [0, 0.05) is 11.8 Å². The maximum atomic E-state index is 12.9. The number of aromatic nitrogens is 1. The summed E-state index contributed by atoms with van der Waals surface area (Å²) in [5.41, 5.74) is -0.618. The zero-order valence-electron chi connectivity index (χ0n) is 10.5. The Morgan fingerprint density at radius 1 is 1.29 bits per heavy atom. The summed E-state index contributed by atoms with van der Waals surface area (Å²) in [7, 11) is 0. The average Bonchev–Trinajstić information content (AvgIpc) is 2.45. The smallest absolute Gasteiger partial charge is 0.420 e. The first-order valence-electron chi connectivity index (χ1n) is 5.75. The number of pyridine rings is 1. The molecule has 0 aliphatic carbocycles. The van der Waals surface area contributed by atoms with Gasteiger partial charge >= 0.3 is 6.18 Å². The molecule has 0 spiro atoms. The Balaban J connectivity index is 2.28. The molecule has 0 fully saturated rings. The van der Waals surface area contributed by atoms with E-state index in [0.717, 1.165) is 12.1 Å². The fraction of sp³-hybridized carbons (Fsp3) is 0.143. The lowest BCUT2D eigenvalue weighted by Gasteiger charge is -2.14. The number of alkyl halides is 3. The minimum absolute atomic E-state index is 0.0888. The van der Waals surface area contributed by atoms with E-state index in [-0.39, 0.29) is 23.1 Å². The van der Waals surface area contributed by atoms with Gasteiger partial charge in [-0.2, -0.15) is 18.4 Å². The predicted octanol–water partition coefficient (Wildman–Crippen LogP) is 4.20. The normalized spacial score (nSPS) is 11.0. The topological polar surface area (TPSA) is 45.9 Å². The minimum Gasteiger partial charge on any atom is -0.488 e. The van der Waals surface area contributed by atoms with Crippen molar-refractivity contribution in [1.29, 1.82) is 5.26 Å². The van der Waals surface area contributed by atoms with Crippen LogP contribution < -0.4 is 4.74 Å². The van der Waals surface area contributed by atoms with E-state index in [1.165, 1.54) is 12.3 Å². The number of ether oxygens (including phenoxy) is 1.